The lowest BCUT2D eigenvalue weighted by Crippen LogP contribution is -2.41. The zero-order valence-corrected chi connectivity index (χ0v) is 13.7. The number of hydrogen-bond donors (Lipinski definition) is 0. The maximum atomic E-state index is 12.4. The second-order valence-electron chi connectivity index (χ2n) is 5.26. The van der Waals surface area contributed by atoms with Crippen LogP contribution in [0, 0.1) is 0 Å². The summed E-state index contributed by atoms with van der Waals surface area (Å²) in [6, 6.07) is 3.42. The van der Waals surface area contributed by atoms with E-state index in [-0.39, 0.29) is 11.5 Å². The van der Waals surface area contributed by atoms with Gasteiger partial charge in [0.15, 0.2) is 6.61 Å². The summed E-state index contributed by atoms with van der Waals surface area (Å²) in [6.45, 7) is 1.19. The molecule has 0 bridgehead atoms. The van der Waals surface area contributed by atoms with Crippen molar-refractivity contribution in [2.24, 2.45) is 0 Å². The number of halogens is 3. The van der Waals surface area contributed by atoms with Crippen molar-refractivity contribution in [2.75, 3.05) is 25.7 Å². The van der Waals surface area contributed by atoms with Gasteiger partial charge in [-0.05, 0) is 31.2 Å². The van der Waals surface area contributed by atoms with Crippen LogP contribution in [0.25, 0.3) is 0 Å². The molecule has 0 N–H and O–H groups in total. The van der Waals surface area contributed by atoms with Crippen molar-refractivity contribution in [2.45, 2.75) is 19.1 Å². The Kier molecular flexibility index (Phi) is 6.04. The van der Waals surface area contributed by atoms with E-state index in [1.807, 2.05) is 0 Å². The number of likely N-dealkylation sites (N-methyl/N-ethyl adjacent to an activating group) is 1. The second kappa shape index (κ2) is 7.20. The zero-order chi connectivity index (χ0) is 17.8. The molecular weight excluding hydrogens is 335 g/mol. The van der Waals surface area contributed by atoms with E-state index < -0.39 is 40.1 Å². The summed E-state index contributed by atoms with van der Waals surface area (Å²) >= 11 is 0. The van der Waals surface area contributed by atoms with Gasteiger partial charge in [-0.2, -0.15) is 13.2 Å². The van der Waals surface area contributed by atoms with Gasteiger partial charge in [-0.15, -0.1) is 0 Å². The standard InChI is InChI=1S/C14H18F3NO4S/c1-10(9-23(3,20)21)18(2)13(19)8-22-12-6-4-11(5-7-12)14(15,16)17/h4-7,10H,8-9H2,1-3H3/t10-/m1/s1. The van der Waals surface area contributed by atoms with Gasteiger partial charge in [0, 0.05) is 19.3 Å². The third-order valence-electron chi connectivity index (χ3n) is 3.14. The van der Waals surface area contributed by atoms with Crippen molar-refractivity contribution in [3.05, 3.63) is 29.8 Å². The monoisotopic (exact) mass is 353 g/mol. The molecule has 0 saturated carbocycles. The van der Waals surface area contributed by atoms with Crippen LogP contribution in [0.15, 0.2) is 24.3 Å². The lowest BCUT2D eigenvalue weighted by atomic mass is 10.2. The van der Waals surface area contributed by atoms with Crippen LogP contribution in [0.4, 0.5) is 13.2 Å². The largest absolute Gasteiger partial charge is 0.484 e. The van der Waals surface area contributed by atoms with E-state index in [9.17, 15) is 26.4 Å². The zero-order valence-electron chi connectivity index (χ0n) is 12.9. The molecule has 0 aliphatic heterocycles. The molecule has 1 aromatic rings. The predicted molar refractivity (Wildman–Crippen MR) is 78.9 cm³/mol. The highest BCUT2D eigenvalue weighted by Crippen LogP contribution is 2.30. The maximum absolute atomic E-state index is 12.4. The van der Waals surface area contributed by atoms with Crippen molar-refractivity contribution in [1.29, 1.82) is 0 Å². The van der Waals surface area contributed by atoms with Gasteiger partial charge in [0.05, 0.1) is 11.3 Å². The Balaban J connectivity index is 2.59. The summed E-state index contributed by atoms with van der Waals surface area (Å²) in [7, 11) is -1.79. The minimum atomic E-state index is -4.43. The number of amides is 1. The maximum Gasteiger partial charge on any atom is 0.416 e. The molecule has 0 aliphatic rings. The van der Waals surface area contributed by atoms with Gasteiger partial charge < -0.3 is 9.64 Å². The molecule has 0 fully saturated rings. The number of ether oxygens (including phenoxy) is 1. The fraction of sp³-hybridized carbons (Fsp3) is 0.500. The number of hydrogen-bond acceptors (Lipinski definition) is 4. The van der Waals surface area contributed by atoms with E-state index in [1.54, 1.807) is 6.92 Å². The molecule has 130 valence electrons. The Labute approximate surface area is 133 Å². The number of nitrogens with zero attached hydrogens (tertiary/aromatic N) is 1. The summed E-state index contributed by atoms with van der Waals surface area (Å²) < 4.78 is 64.8. The molecule has 1 rings (SSSR count). The normalized spacial score (nSPS) is 13.5. The van der Waals surface area contributed by atoms with Crippen LogP contribution in [0.3, 0.4) is 0 Å². The molecule has 0 radical (unpaired) electrons. The van der Waals surface area contributed by atoms with Crippen LogP contribution in [-0.2, 0) is 20.8 Å². The first-order chi connectivity index (χ1) is 10.4. The molecule has 1 aromatic carbocycles. The lowest BCUT2D eigenvalue weighted by Gasteiger charge is -2.24. The van der Waals surface area contributed by atoms with Crippen LogP contribution in [-0.4, -0.2) is 50.9 Å². The smallest absolute Gasteiger partial charge is 0.416 e. The molecule has 0 aromatic heterocycles. The van der Waals surface area contributed by atoms with Crippen LogP contribution in [0.2, 0.25) is 0 Å². The van der Waals surface area contributed by atoms with E-state index in [4.69, 9.17) is 4.74 Å². The number of alkyl halides is 3. The predicted octanol–water partition coefficient (Wildman–Crippen LogP) is 1.98. The topological polar surface area (TPSA) is 63.7 Å². The summed E-state index contributed by atoms with van der Waals surface area (Å²) in [5.74, 6) is -0.535. The molecule has 0 saturated heterocycles. The average Bonchev–Trinajstić information content (AvgIpc) is 2.41. The number of carbonyl (C=O) groups is 1. The fourth-order valence-electron chi connectivity index (χ4n) is 1.78. The van der Waals surface area contributed by atoms with E-state index in [0.29, 0.717) is 0 Å². The van der Waals surface area contributed by atoms with E-state index in [2.05, 4.69) is 0 Å². The lowest BCUT2D eigenvalue weighted by molar-refractivity contribution is -0.137. The van der Waals surface area contributed by atoms with Crippen molar-refractivity contribution in [3.63, 3.8) is 0 Å². The van der Waals surface area contributed by atoms with Crippen LogP contribution < -0.4 is 4.74 Å². The number of rotatable bonds is 6. The SMILES string of the molecule is C[C@H](CS(C)(=O)=O)N(C)C(=O)COc1ccc(C(F)(F)F)cc1. The van der Waals surface area contributed by atoms with E-state index in [1.165, 1.54) is 11.9 Å². The molecule has 0 spiro atoms. The summed E-state index contributed by atoms with van der Waals surface area (Å²) in [6.07, 6.45) is -3.36. The molecule has 5 nitrogen and oxygen atoms in total. The molecular formula is C14H18F3NO4S. The van der Waals surface area contributed by atoms with Crippen molar-refractivity contribution < 1.29 is 31.1 Å². The highest BCUT2D eigenvalue weighted by molar-refractivity contribution is 7.90. The highest BCUT2D eigenvalue weighted by atomic mass is 32.2. The Morgan fingerprint density at radius 1 is 1.26 bits per heavy atom. The van der Waals surface area contributed by atoms with Gasteiger partial charge in [-0.1, -0.05) is 0 Å². The van der Waals surface area contributed by atoms with Crippen LogP contribution in [0.1, 0.15) is 12.5 Å². The first-order valence-corrected chi connectivity index (χ1v) is 8.69. The third kappa shape index (κ3) is 6.47. The molecule has 23 heavy (non-hydrogen) atoms. The van der Waals surface area contributed by atoms with E-state index in [0.717, 1.165) is 30.5 Å². The summed E-state index contributed by atoms with van der Waals surface area (Å²) in [4.78, 5) is 13.1. The van der Waals surface area contributed by atoms with Crippen molar-refractivity contribution in [1.82, 2.24) is 4.90 Å². The molecule has 9 heteroatoms. The highest BCUT2D eigenvalue weighted by Gasteiger charge is 2.30. The number of benzene rings is 1. The first-order valence-electron chi connectivity index (χ1n) is 6.63. The first kappa shape index (κ1) is 19.3. The number of sulfone groups is 1. The Bertz CT molecular complexity index is 641. The molecule has 1 amide bonds. The Morgan fingerprint density at radius 3 is 2.22 bits per heavy atom. The van der Waals surface area contributed by atoms with Gasteiger partial charge in [-0.25, -0.2) is 8.42 Å². The van der Waals surface area contributed by atoms with Gasteiger partial charge in [0.1, 0.15) is 15.6 Å². The summed E-state index contributed by atoms with van der Waals surface area (Å²) in [5.41, 5.74) is -0.810. The van der Waals surface area contributed by atoms with Crippen molar-refractivity contribution in [3.8, 4) is 5.75 Å². The third-order valence-corrected chi connectivity index (χ3v) is 4.23. The molecule has 0 unspecified atom stereocenters. The van der Waals surface area contributed by atoms with Crippen LogP contribution >= 0.6 is 0 Å². The Morgan fingerprint density at radius 2 is 1.78 bits per heavy atom. The van der Waals surface area contributed by atoms with Gasteiger partial charge in [-0.3, -0.25) is 4.79 Å². The number of carbonyl (C=O) groups excluding carboxylic acids is 1. The molecule has 1 atom stereocenters. The fourth-order valence-corrected chi connectivity index (χ4v) is 2.88. The van der Waals surface area contributed by atoms with Gasteiger partial charge in [0.25, 0.3) is 5.91 Å². The minimum Gasteiger partial charge on any atom is -0.484 e. The average molecular weight is 353 g/mol. The van der Waals surface area contributed by atoms with Crippen LogP contribution in [0.5, 0.6) is 5.75 Å². The molecule has 0 heterocycles. The van der Waals surface area contributed by atoms with Gasteiger partial charge >= 0.3 is 6.18 Å². The van der Waals surface area contributed by atoms with Crippen molar-refractivity contribution >= 4 is 15.7 Å². The summed E-state index contributed by atoms with van der Waals surface area (Å²) in [5, 5.41) is 0. The quantitative estimate of drug-likeness (QED) is 0.784. The second-order valence-corrected chi connectivity index (χ2v) is 7.44. The minimum absolute atomic E-state index is 0.121. The molecule has 0 aliphatic carbocycles. The van der Waals surface area contributed by atoms with Gasteiger partial charge in [0.2, 0.25) is 0 Å². The van der Waals surface area contributed by atoms with E-state index >= 15 is 0 Å². The Hall–Kier alpha value is -1.77.